The highest BCUT2D eigenvalue weighted by Gasteiger charge is 2.18. The number of fused-ring (bicyclic) bond motifs is 1. The number of hydrogen-bond acceptors (Lipinski definition) is 7. The van der Waals surface area contributed by atoms with Crippen molar-refractivity contribution in [3.05, 3.63) is 70.6 Å². The lowest BCUT2D eigenvalue weighted by Gasteiger charge is -2.09. The number of aromatic hydroxyl groups is 1. The van der Waals surface area contributed by atoms with Crippen LogP contribution in [0.2, 0.25) is 0 Å². The van der Waals surface area contributed by atoms with E-state index >= 15 is 0 Å². The number of anilines is 1. The molecule has 162 valence electrons. The number of methoxy groups -OCH3 is 1. The smallest absolute Gasteiger partial charge is 0.252 e. The van der Waals surface area contributed by atoms with Crippen LogP contribution in [0.3, 0.4) is 0 Å². The highest BCUT2D eigenvalue weighted by Crippen LogP contribution is 2.39. The summed E-state index contributed by atoms with van der Waals surface area (Å²) in [7, 11) is 1.56. The first-order valence-electron chi connectivity index (χ1n) is 9.68. The van der Waals surface area contributed by atoms with Crippen molar-refractivity contribution in [3.63, 3.8) is 0 Å². The molecule has 2 aromatic carbocycles. The molecule has 4 rings (SSSR count). The second-order valence-corrected chi connectivity index (χ2v) is 6.96. The van der Waals surface area contributed by atoms with Crippen LogP contribution in [0, 0.1) is 6.92 Å². The molecule has 0 aliphatic heterocycles. The molecule has 10 nitrogen and oxygen atoms in total. The molecule has 1 amide bonds. The van der Waals surface area contributed by atoms with Crippen molar-refractivity contribution in [2.75, 3.05) is 12.4 Å². The van der Waals surface area contributed by atoms with E-state index in [2.05, 4.69) is 25.5 Å². The van der Waals surface area contributed by atoms with Gasteiger partial charge in [0, 0.05) is 22.8 Å². The normalized spacial score (nSPS) is 11.2. The molecule has 0 bridgehead atoms. The molecule has 0 aliphatic carbocycles. The predicted molar refractivity (Wildman–Crippen MR) is 119 cm³/mol. The molecule has 0 fully saturated rings. The van der Waals surface area contributed by atoms with Crippen molar-refractivity contribution in [1.82, 2.24) is 14.5 Å². The van der Waals surface area contributed by atoms with Gasteiger partial charge in [0.05, 0.1) is 12.6 Å². The van der Waals surface area contributed by atoms with Gasteiger partial charge in [0.1, 0.15) is 12.3 Å². The summed E-state index contributed by atoms with van der Waals surface area (Å²) in [4.78, 5) is 30.8. The van der Waals surface area contributed by atoms with Crippen LogP contribution in [-0.2, 0) is 11.3 Å². The maximum absolute atomic E-state index is 12.6. The lowest BCUT2D eigenvalue weighted by Crippen LogP contribution is -2.18. The van der Waals surface area contributed by atoms with Crippen molar-refractivity contribution in [2.24, 2.45) is 10.2 Å². The second kappa shape index (κ2) is 8.72. The van der Waals surface area contributed by atoms with Crippen molar-refractivity contribution in [3.8, 4) is 11.6 Å². The Morgan fingerprint density at radius 1 is 1.19 bits per heavy atom. The van der Waals surface area contributed by atoms with E-state index in [1.54, 1.807) is 62.6 Å². The fourth-order valence-corrected chi connectivity index (χ4v) is 3.26. The number of hydrogen-bond donors (Lipinski definition) is 3. The van der Waals surface area contributed by atoms with Crippen molar-refractivity contribution >= 4 is 34.1 Å². The van der Waals surface area contributed by atoms with E-state index in [0.717, 1.165) is 0 Å². The second-order valence-electron chi connectivity index (χ2n) is 6.96. The number of nitrogens with zero attached hydrogens (tertiary/aromatic N) is 4. The average molecular weight is 432 g/mol. The van der Waals surface area contributed by atoms with Gasteiger partial charge in [-0.25, -0.2) is 4.98 Å². The molecule has 2 heterocycles. The standard InChI is InChI=1S/C22H20N6O4/c1-13-11-18(29)25-22(23-13)27-26-20-16-5-3-4-6-17(16)28(21(20)31)12-19(30)24-14-7-9-15(32-2)10-8-14/h3-11,31H,12H2,1-2H3,(H,24,30)(H,23,25,29). The quantitative estimate of drug-likeness (QED) is 0.399. The van der Waals surface area contributed by atoms with Crippen LogP contribution in [0.5, 0.6) is 11.6 Å². The molecule has 2 aromatic heterocycles. The van der Waals surface area contributed by atoms with Crippen LogP contribution >= 0.6 is 0 Å². The van der Waals surface area contributed by atoms with E-state index < -0.39 is 0 Å². The Labute approximate surface area is 182 Å². The summed E-state index contributed by atoms with van der Waals surface area (Å²) in [6.07, 6.45) is 0. The van der Waals surface area contributed by atoms with E-state index in [1.165, 1.54) is 10.6 Å². The molecular weight excluding hydrogens is 412 g/mol. The van der Waals surface area contributed by atoms with Crippen molar-refractivity contribution < 1.29 is 14.6 Å². The molecule has 0 saturated carbocycles. The Kier molecular flexibility index (Phi) is 5.67. The molecule has 0 atom stereocenters. The Hall–Kier alpha value is -4.47. The number of benzene rings is 2. The number of carbonyl (C=O) groups excluding carboxylic acids is 1. The minimum Gasteiger partial charge on any atom is -0.497 e. The largest absolute Gasteiger partial charge is 0.497 e. The first-order valence-corrected chi connectivity index (χ1v) is 9.68. The van der Waals surface area contributed by atoms with Crippen LogP contribution in [0.25, 0.3) is 10.9 Å². The summed E-state index contributed by atoms with van der Waals surface area (Å²) in [5.41, 5.74) is 1.51. The lowest BCUT2D eigenvalue weighted by atomic mass is 10.2. The number of nitrogens with one attached hydrogen (secondary N) is 2. The number of carbonyl (C=O) groups is 1. The summed E-state index contributed by atoms with van der Waals surface area (Å²) in [5, 5.41) is 22.2. The van der Waals surface area contributed by atoms with E-state index in [1.807, 2.05) is 0 Å². The van der Waals surface area contributed by atoms with Crippen molar-refractivity contribution in [1.29, 1.82) is 0 Å². The summed E-state index contributed by atoms with van der Waals surface area (Å²) < 4.78 is 6.55. The molecule has 0 spiro atoms. The molecule has 3 N–H and O–H groups in total. The summed E-state index contributed by atoms with van der Waals surface area (Å²) in [6, 6.07) is 15.4. The number of ether oxygens (including phenoxy) is 1. The van der Waals surface area contributed by atoms with Gasteiger partial charge in [-0.2, -0.15) is 0 Å². The minimum atomic E-state index is -0.353. The first-order chi connectivity index (χ1) is 15.4. The number of aromatic nitrogens is 3. The van der Waals surface area contributed by atoms with Crippen LogP contribution < -0.4 is 15.6 Å². The molecule has 0 unspecified atom stereocenters. The number of azo groups is 1. The Morgan fingerprint density at radius 3 is 2.66 bits per heavy atom. The zero-order valence-electron chi connectivity index (χ0n) is 17.4. The molecule has 4 aromatic rings. The molecule has 0 saturated heterocycles. The number of para-hydroxylation sites is 1. The Bertz CT molecular complexity index is 1370. The maximum atomic E-state index is 12.6. The van der Waals surface area contributed by atoms with Crippen LogP contribution in [0.4, 0.5) is 17.3 Å². The van der Waals surface area contributed by atoms with Crippen LogP contribution in [0.15, 0.2) is 69.6 Å². The SMILES string of the molecule is COc1ccc(NC(=O)Cn2c(O)c(N=Nc3nc(C)cc(=O)[nH]3)c3ccccc32)cc1. The lowest BCUT2D eigenvalue weighted by molar-refractivity contribution is -0.116. The van der Waals surface area contributed by atoms with Gasteiger partial charge in [-0.05, 0) is 37.3 Å². The van der Waals surface area contributed by atoms with E-state index in [0.29, 0.717) is 28.0 Å². The third-order valence-electron chi connectivity index (χ3n) is 4.69. The Balaban J connectivity index is 1.63. The number of aryl methyl sites for hydroxylation is 1. The number of H-pyrrole nitrogens is 1. The average Bonchev–Trinajstić information content (AvgIpc) is 3.03. The van der Waals surface area contributed by atoms with E-state index in [9.17, 15) is 14.7 Å². The third-order valence-corrected chi connectivity index (χ3v) is 4.69. The van der Waals surface area contributed by atoms with Crippen LogP contribution in [-0.4, -0.2) is 32.7 Å². The number of aromatic amines is 1. The van der Waals surface area contributed by atoms with Gasteiger partial charge in [-0.3, -0.25) is 14.6 Å². The third kappa shape index (κ3) is 4.33. The molecule has 0 aliphatic rings. The molecule has 32 heavy (non-hydrogen) atoms. The molecule has 0 radical (unpaired) electrons. The molecule has 10 heteroatoms. The highest BCUT2D eigenvalue weighted by molar-refractivity contribution is 5.97. The monoisotopic (exact) mass is 432 g/mol. The topological polar surface area (TPSA) is 134 Å². The highest BCUT2D eigenvalue weighted by atomic mass is 16.5. The first kappa shape index (κ1) is 20.8. The minimum absolute atomic E-state index is 0.0171. The van der Waals surface area contributed by atoms with Gasteiger partial charge < -0.3 is 19.7 Å². The van der Waals surface area contributed by atoms with Crippen LogP contribution in [0.1, 0.15) is 5.69 Å². The van der Waals surface area contributed by atoms with Gasteiger partial charge in [-0.15, -0.1) is 10.2 Å². The summed E-state index contributed by atoms with van der Waals surface area (Å²) >= 11 is 0. The van der Waals surface area contributed by atoms with Gasteiger partial charge in [0.25, 0.3) is 5.56 Å². The van der Waals surface area contributed by atoms with E-state index in [-0.39, 0.29) is 35.5 Å². The van der Waals surface area contributed by atoms with Gasteiger partial charge >= 0.3 is 0 Å². The van der Waals surface area contributed by atoms with E-state index in [4.69, 9.17) is 4.74 Å². The zero-order chi connectivity index (χ0) is 22.7. The van der Waals surface area contributed by atoms with Gasteiger partial charge in [-0.1, -0.05) is 18.2 Å². The fourth-order valence-electron chi connectivity index (χ4n) is 3.26. The number of rotatable bonds is 6. The maximum Gasteiger partial charge on any atom is 0.252 e. The summed E-state index contributed by atoms with van der Waals surface area (Å²) in [6.45, 7) is 1.52. The summed E-state index contributed by atoms with van der Waals surface area (Å²) in [5.74, 6) is 0.134. The van der Waals surface area contributed by atoms with Gasteiger partial charge in [0.2, 0.25) is 17.7 Å². The zero-order valence-corrected chi connectivity index (χ0v) is 17.4. The predicted octanol–water partition coefficient (Wildman–Crippen LogP) is 3.80. The fraction of sp³-hybridized carbons (Fsp3) is 0.136. The Morgan fingerprint density at radius 2 is 1.94 bits per heavy atom. The molecular formula is C22H20N6O4. The van der Waals surface area contributed by atoms with Gasteiger partial charge in [0.15, 0.2) is 5.69 Å². The van der Waals surface area contributed by atoms with Crippen molar-refractivity contribution in [2.45, 2.75) is 13.5 Å². The number of amides is 1.